The molecule has 132 valence electrons. The van der Waals surface area contributed by atoms with Crippen LogP contribution in [0, 0.1) is 5.92 Å². The van der Waals surface area contributed by atoms with Crippen molar-refractivity contribution in [1.29, 1.82) is 0 Å². The SMILES string of the molecule is Cl.O=C(CCC1CCNCC1)Nc1ccc(C(=O)NC2CC2)cc1. The molecule has 1 aromatic carbocycles. The molecule has 0 aromatic heterocycles. The Morgan fingerprint density at radius 1 is 1.04 bits per heavy atom. The van der Waals surface area contributed by atoms with Gasteiger partial charge in [-0.1, -0.05) is 0 Å². The lowest BCUT2D eigenvalue weighted by Gasteiger charge is -2.22. The van der Waals surface area contributed by atoms with Crippen molar-refractivity contribution in [1.82, 2.24) is 10.6 Å². The maximum atomic E-state index is 12.0. The van der Waals surface area contributed by atoms with E-state index in [1.54, 1.807) is 24.3 Å². The summed E-state index contributed by atoms with van der Waals surface area (Å²) in [7, 11) is 0. The van der Waals surface area contributed by atoms with Crippen molar-refractivity contribution < 1.29 is 9.59 Å². The molecule has 2 amide bonds. The summed E-state index contributed by atoms with van der Waals surface area (Å²) in [4.78, 5) is 23.9. The summed E-state index contributed by atoms with van der Waals surface area (Å²) in [6, 6.07) is 7.48. The third kappa shape index (κ3) is 5.80. The summed E-state index contributed by atoms with van der Waals surface area (Å²) in [6.07, 6.45) is 6.01. The molecule has 2 aliphatic rings. The fourth-order valence-electron chi connectivity index (χ4n) is 2.93. The Morgan fingerprint density at radius 3 is 2.33 bits per heavy atom. The highest BCUT2D eigenvalue weighted by molar-refractivity contribution is 5.96. The molecule has 5 nitrogen and oxygen atoms in total. The topological polar surface area (TPSA) is 70.2 Å². The number of benzene rings is 1. The molecule has 1 aliphatic heterocycles. The standard InChI is InChI=1S/C18H25N3O2.ClH/c22-17(8-1-13-9-11-19-12-10-13)20-15-4-2-14(3-5-15)18(23)21-16-6-7-16;/h2-5,13,16,19H,1,6-12H2,(H,20,22)(H,21,23);1H. The Bertz CT molecular complexity index is 552. The first-order valence-corrected chi connectivity index (χ1v) is 8.62. The monoisotopic (exact) mass is 351 g/mol. The summed E-state index contributed by atoms with van der Waals surface area (Å²) in [5.74, 6) is 0.686. The molecule has 3 rings (SSSR count). The van der Waals surface area contributed by atoms with Gasteiger partial charge in [-0.2, -0.15) is 0 Å². The van der Waals surface area contributed by atoms with Crippen LogP contribution >= 0.6 is 12.4 Å². The van der Waals surface area contributed by atoms with Crippen LogP contribution in [0.1, 0.15) is 48.9 Å². The molecule has 1 saturated heterocycles. The second-order valence-electron chi connectivity index (χ2n) is 6.61. The highest BCUT2D eigenvalue weighted by Gasteiger charge is 2.23. The second-order valence-corrected chi connectivity index (χ2v) is 6.61. The number of rotatable bonds is 6. The van der Waals surface area contributed by atoms with Gasteiger partial charge in [-0.05, 0) is 75.4 Å². The molecule has 1 heterocycles. The number of carbonyl (C=O) groups is 2. The van der Waals surface area contributed by atoms with E-state index in [1.165, 1.54) is 0 Å². The van der Waals surface area contributed by atoms with E-state index < -0.39 is 0 Å². The molecule has 24 heavy (non-hydrogen) atoms. The van der Waals surface area contributed by atoms with Gasteiger partial charge in [0.15, 0.2) is 0 Å². The molecule has 0 atom stereocenters. The summed E-state index contributed by atoms with van der Waals surface area (Å²) in [6.45, 7) is 2.13. The summed E-state index contributed by atoms with van der Waals surface area (Å²) in [5.41, 5.74) is 1.40. The summed E-state index contributed by atoms with van der Waals surface area (Å²) < 4.78 is 0. The van der Waals surface area contributed by atoms with Gasteiger partial charge in [0.2, 0.25) is 5.91 Å². The molecule has 6 heteroatoms. The quantitative estimate of drug-likeness (QED) is 0.738. The van der Waals surface area contributed by atoms with E-state index in [1.807, 2.05) is 0 Å². The predicted octanol–water partition coefficient (Wildman–Crippen LogP) is 2.72. The lowest BCUT2D eigenvalue weighted by Crippen LogP contribution is -2.28. The first-order valence-electron chi connectivity index (χ1n) is 8.62. The zero-order valence-electron chi connectivity index (χ0n) is 13.8. The first-order chi connectivity index (χ1) is 11.2. The van der Waals surface area contributed by atoms with Gasteiger partial charge in [-0.25, -0.2) is 0 Å². The first kappa shape index (κ1) is 18.7. The van der Waals surface area contributed by atoms with E-state index in [0.717, 1.165) is 50.9 Å². The largest absolute Gasteiger partial charge is 0.349 e. The van der Waals surface area contributed by atoms with E-state index in [2.05, 4.69) is 16.0 Å². The Hall–Kier alpha value is -1.59. The fourth-order valence-corrected chi connectivity index (χ4v) is 2.93. The van der Waals surface area contributed by atoms with Gasteiger partial charge < -0.3 is 16.0 Å². The minimum absolute atomic E-state index is 0. The molecule has 0 unspecified atom stereocenters. The van der Waals surface area contributed by atoms with E-state index in [4.69, 9.17) is 0 Å². The van der Waals surface area contributed by atoms with Crippen LogP contribution in [0.2, 0.25) is 0 Å². The van der Waals surface area contributed by atoms with Crippen LogP contribution in [-0.4, -0.2) is 30.9 Å². The number of anilines is 1. The van der Waals surface area contributed by atoms with E-state index in [0.29, 0.717) is 23.9 Å². The van der Waals surface area contributed by atoms with Crippen molar-refractivity contribution in [2.45, 2.75) is 44.6 Å². The van der Waals surface area contributed by atoms with Crippen molar-refractivity contribution in [2.75, 3.05) is 18.4 Å². The van der Waals surface area contributed by atoms with Gasteiger partial charge in [0, 0.05) is 23.7 Å². The van der Waals surface area contributed by atoms with Gasteiger partial charge >= 0.3 is 0 Å². The van der Waals surface area contributed by atoms with E-state index >= 15 is 0 Å². The second kappa shape index (κ2) is 9.04. The minimum atomic E-state index is -0.0312. The zero-order valence-corrected chi connectivity index (χ0v) is 14.7. The van der Waals surface area contributed by atoms with Crippen LogP contribution in [0.5, 0.6) is 0 Å². The predicted molar refractivity (Wildman–Crippen MR) is 97.6 cm³/mol. The number of amides is 2. The molecule has 3 N–H and O–H groups in total. The Balaban J connectivity index is 0.00000208. The Kier molecular flexibility index (Phi) is 7.06. The molecule has 0 spiro atoms. The van der Waals surface area contributed by atoms with Gasteiger partial charge in [-0.3, -0.25) is 9.59 Å². The molecule has 1 aromatic rings. The average Bonchev–Trinajstić information content (AvgIpc) is 3.38. The number of piperidine rings is 1. The number of carbonyl (C=O) groups excluding carboxylic acids is 2. The lowest BCUT2D eigenvalue weighted by molar-refractivity contribution is -0.116. The van der Waals surface area contributed by atoms with Gasteiger partial charge in [0.05, 0.1) is 0 Å². The fraction of sp³-hybridized carbons (Fsp3) is 0.556. The average molecular weight is 352 g/mol. The third-order valence-electron chi connectivity index (χ3n) is 4.58. The number of hydrogen-bond acceptors (Lipinski definition) is 3. The van der Waals surface area contributed by atoms with Crippen LogP contribution in [0.3, 0.4) is 0 Å². The maximum Gasteiger partial charge on any atom is 0.251 e. The van der Waals surface area contributed by atoms with Gasteiger partial charge in [0.25, 0.3) is 5.91 Å². The maximum absolute atomic E-state index is 12.0. The normalized spacial score (nSPS) is 17.7. The summed E-state index contributed by atoms with van der Waals surface area (Å²) >= 11 is 0. The van der Waals surface area contributed by atoms with Crippen LogP contribution < -0.4 is 16.0 Å². The molecule has 0 bridgehead atoms. The van der Waals surface area contributed by atoms with E-state index in [9.17, 15) is 9.59 Å². The Labute approximate surface area is 149 Å². The number of nitrogens with one attached hydrogen (secondary N) is 3. The van der Waals surface area contributed by atoms with E-state index in [-0.39, 0.29) is 24.2 Å². The van der Waals surface area contributed by atoms with Crippen LogP contribution in [-0.2, 0) is 4.79 Å². The molecule has 1 aliphatic carbocycles. The van der Waals surface area contributed by atoms with Crippen molar-refractivity contribution in [3.8, 4) is 0 Å². The highest BCUT2D eigenvalue weighted by atomic mass is 35.5. The number of halogens is 1. The lowest BCUT2D eigenvalue weighted by atomic mass is 9.93. The van der Waals surface area contributed by atoms with Gasteiger partial charge in [0.1, 0.15) is 0 Å². The Morgan fingerprint density at radius 2 is 1.71 bits per heavy atom. The third-order valence-corrected chi connectivity index (χ3v) is 4.58. The van der Waals surface area contributed by atoms with Crippen LogP contribution in [0.4, 0.5) is 5.69 Å². The highest BCUT2D eigenvalue weighted by Crippen LogP contribution is 2.20. The van der Waals surface area contributed by atoms with Crippen molar-refractivity contribution in [3.05, 3.63) is 29.8 Å². The molecular formula is C18H26ClN3O2. The van der Waals surface area contributed by atoms with Crippen LogP contribution in [0.15, 0.2) is 24.3 Å². The smallest absolute Gasteiger partial charge is 0.251 e. The van der Waals surface area contributed by atoms with Crippen molar-refractivity contribution in [2.24, 2.45) is 5.92 Å². The molecular weight excluding hydrogens is 326 g/mol. The van der Waals surface area contributed by atoms with Crippen molar-refractivity contribution >= 4 is 29.9 Å². The minimum Gasteiger partial charge on any atom is -0.349 e. The van der Waals surface area contributed by atoms with Gasteiger partial charge in [-0.15, -0.1) is 12.4 Å². The van der Waals surface area contributed by atoms with Crippen molar-refractivity contribution in [3.63, 3.8) is 0 Å². The van der Waals surface area contributed by atoms with Crippen LogP contribution in [0.25, 0.3) is 0 Å². The number of hydrogen-bond donors (Lipinski definition) is 3. The summed E-state index contributed by atoms with van der Waals surface area (Å²) in [5, 5.41) is 9.21. The zero-order chi connectivity index (χ0) is 16.1. The molecule has 0 radical (unpaired) electrons. The molecule has 2 fully saturated rings. The molecule has 1 saturated carbocycles.